The van der Waals surface area contributed by atoms with Crippen LogP contribution in [-0.4, -0.2) is 45.3 Å². The van der Waals surface area contributed by atoms with E-state index >= 15 is 0 Å². The third-order valence-electron chi connectivity index (χ3n) is 5.03. The Labute approximate surface area is 155 Å². The van der Waals surface area contributed by atoms with Crippen LogP contribution in [-0.2, 0) is 16.1 Å². The molecule has 5 heteroatoms. The third-order valence-corrected chi connectivity index (χ3v) is 5.03. The molecule has 0 bridgehead atoms. The molecule has 26 heavy (non-hydrogen) atoms. The van der Waals surface area contributed by atoms with E-state index < -0.39 is 0 Å². The van der Waals surface area contributed by atoms with Gasteiger partial charge in [0.05, 0.1) is 6.04 Å². The monoisotopic (exact) mass is 353 g/mol. The molecular weight excluding hydrogens is 326 g/mol. The van der Waals surface area contributed by atoms with E-state index in [1.165, 1.54) is 0 Å². The smallest absolute Gasteiger partial charge is 0.243 e. The fourth-order valence-corrected chi connectivity index (χ4v) is 3.64. The molecule has 0 radical (unpaired) electrons. The van der Waals surface area contributed by atoms with Crippen molar-refractivity contribution in [2.45, 2.75) is 45.8 Å². The molecule has 1 aromatic heterocycles. The predicted molar refractivity (Wildman–Crippen MR) is 102 cm³/mol. The van der Waals surface area contributed by atoms with Gasteiger partial charge in [-0.15, -0.1) is 0 Å². The number of nitrogens with zero attached hydrogens (tertiary/aromatic N) is 3. The van der Waals surface area contributed by atoms with Gasteiger partial charge in [0.25, 0.3) is 0 Å². The van der Waals surface area contributed by atoms with E-state index in [1.54, 1.807) is 4.90 Å². The van der Waals surface area contributed by atoms with Gasteiger partial charge in [-0.1, -0.05) is 37.3 Å². The number of amides is 2. The molecule has 3 rings (SSSR count). The molecule has 2 aromatic rings. The zero-order valence-electron chi connectivity index (χ0n) is 15.8. The van der Waals surface area contributed by atoms with E-state index in [1.807, 2.05) is 49.9 Å². The normalized spacial score (nSPS) is 16.5. The first-order chi connectivity index (χ1) is 12.5. The Hall–Kier alpha value is -2.56. The summed E-state index contributed by atoms with van der Waals surface area (Å²) < 4.78 is 2.21. The molecule has 0 spiro atoms. The van der Waals surface area contributed by atoms with E-state index in [2.05, 4.69) is 29.0 Å². The van der Waals surface area contributed by atoms with Crippen LogP contribution in [0.25, 0.3) is 0 Å². The first kappa shape index (κ1) is 18.2. The number of fused-ring (bicyclic) bond motifs is 1. The lowest BCUT2D eigenvalue weighted by atomic mass is 10.00. The summed E-state index contributed by atoms with van der Waals surface area (Å²) >= 11 is 0. The molecule has 2 amide bonds. The lowest BCUT2D eigenvalue weighted by Gasteiger charge is -2.39. The highest BCUT2D eigenvalue weighted by molar-refractivity contribution is 5.85. The quantitative estimate of drug-likeness (QED) is 0.829. The number of benzene rings is 1. The summed E-state index contributed by atoms with van der Waals surface area (Å²) in [5.41, 5.74) is 2.21. The molecule has 0 saturated carbocycles. The van der Waals surface area contributed by atoms with E-state index in [9.17, 15) is 9.59 Å². The average molecular weight is 353 g/mol. The fourth-order valence-electron chi connectivity index (χ4n) is 3.64. The molecule has 1 aliphatic rings. The molecule has 1 unspecified atom stereocenters. The van der Waals surface area contributed by atoms with Crippen LogP contribution in [0.4, 0.5) is 0 Å². The van der Waals surface area contributed by atoms with Gasteiger partial charge in [-0.05, 0) is 31.5 Å². The van der Waals surface area contributed by atoms with Crippen molar-refractivity contribution in [1.29, 1.82) is 0 Å². The van der Waals surface area contributed by atoms with E-state index in [0.717, 1.165) is 17.8 Å². The topological polar surface area (TPSA) is 45.6 Å². The van der Waals surface area contributed by atoms with Crippen LogP contribution in [0.3, 0.4) is 0 Å². The summed E-state index contributed by atoms with van der Waals surface area (Å²) in [6.07, 6.45) is 2.48. The zero-order chi connectivity index (χ0) is 18.7. The number of hydrogen-bond donors (Lipinski definition) is 0. The highest BCUT2D eigenvalue weighted by Gasteiger charge is 2.33. The number of hydrogen-bond acceptors (Lipinski definition) is 2. The van der Waals surface area contributed by atoms with Gasteiger partial charge in [0, 0.05) is 37.4 Å². The molecule has 0 aliphatic carbocycles. The number of rotatable bonds is 5. The minimum absolute atomic E-state index is 0.00167. The van der Waals surface area contributed by atoms with E-state index in [4.69, 9.17) is 0 Å². The van der Waals surface area contributed by atoms with Crippen molar-refractivity contribution >= 4 is 11.8 Å². The van der Waals surface area contributed by atoms with Gasteiger partial charge in [0.2, 0.25) is 11.8 Å². The van der Waals surface area contributed by atoms with Gasteiger partial charge < -0.3 is 14.4 Å². The Morgan fingerprint density at radius 3 is 2.50 bits per heavy atom. The van der Waals surface area contributed by atoms with Gasteiger partial charge in [0.1, 0.15) is 6.54 Å². The fraction of sp³-hybridized carbons (Fsp3) is 0.429. The van der Waals surface area contributed by atoms with Crippen molar-refractivity contribution in [2.75, 3.05) is 13.1 Å². The molecule has 5 nitrogen and oxygen atoms in total. The number of aromatic nitrogens is 1. The Bertz CT molecular complexity index is 767. The molecule has 0 N–H and O–H groups in total. The van der Waals surface area contributed by atoms with Crippen molar-refractivity contribution in [3.05, 3.63) is 59.9 Å². The zero-order valence-corrected chi connectivity index (χ0v) is 15.8. The van der Waals surface area contributed by atoms with Crippen LogP contribution in [0.1, 0.15) is 44.5 Å². The summed E-state index contributed by atoms with van der Waals surface area (Å²) in [7, 11) is 0. The Balaban J connectivity index is 1.90. The van der Waals surface area contributed by atoms with Crippen molar-refractivity contribution in [2.24, 2.45) is 0 Å². The maximum Gasteiger partial charge on any atom is 0.243 e. The summed E-state index contributed by atoms with van der Waals surface area (Å²) in [6.45, 7) is 7.30. The van der Waals surface area contributed by atoms with Crippen LogP contribution in [0.2, 0.25) is 0 Å². The second kappa shape index (κ2) is 7.77. The van der Waals surface area contributed by atoms with E-state index in [0.29, 0.717) is 13.0 Å². The van der Waals surface area contributed by atoms with Gasteiger partial charge in [-0.25, -0.2) is 0 Å². The Kier molecular flexibility index (Phi) is 5.45. The van der Waals surface area contributed by atoms with Gasteiger partial charge >= 0.3 is 0 Å². The van der Waals surface area contributed by atoms with Crippen LogP contribution in [0.15, 0.2) is 48.7 Å². The highest BCUT2D eigenvalue weighted by Crippen LogP contribution is 2.32. The average Bonchev–Trinajstić information content (AvgIpc) is 3.13. The standard InChI is InChI=1S/C21H27N3O2/c1-4-19(25)24(16(2)3)15-20(26)23-14-13-22-12-8-11-18(22)21(23)17-9-6-5-7-10-17/h5-12,16,21H,4,13-15H2,1-3H3. The Morgan fingerprint density at radius 1 is 1.12 bits per heavy atom. The molecule has 1 atom stereocenters. The van der Waals surface area contributed by atoms with Crippen molar-refractivity contribution in [3.63, 3.8) is 0 Å². The molecule has 2 heterocycles. The number of carbonyl (C=O) groups excluding carboxylic acids is 2. The minimum Gasteiger partial charge on any atom is -0.348 e. The molecule has 138 valence electrons. The summed E-state index contributed by atoms with van der Waals surface area (Å²) in [6, 6.07) is 14.1. The second-order valence-electron chi connectivity index (χ2n) is 7.00. The van der Waals surface area contributed by atoms with Crippen LogP contribution >= 0.6 is 0 Å². The molecular formula is C21H27N3O2. The first-order valence-corrected chi connectivity index (χ1v) is 9.31. The van der Waals surface area contributed by atoms with Crippen molar-refractivity contribution in [1.82, 2.24) is 14.4 Å². The SMILES string of the molecule is CCC(=O)N(CC(=O)N1CCn2cccc2C1c1ccccc1)C(C)C. The van der Waals surface area contributed by atoms with Crippen LogP contribution in [0, 0.1) is 0 Å². The number of carbonyl (C=O) groups is 2. The lowest BCUT2D eigenvalue weighted by Crippen LogP contribution is -2.49. The molecule has 0 saturated heterocycles. The van der Waals surface area contributed by atoms with Crippen LogP contribution in [0.5, 0.6) is 0 Å². The van der Waals surface area contributed by atoms with Gasteiger partial charge in [-0.3, -0.25) is 9.59 Å². The van der Waals surface area contributed by atoms with Gasteiger partial charge in [0.15, 0.2) is 0 Å². The minimum atomic E-state index is -0.113. The predicted octanol–water partition coefficient (Wildman–Crippen LogP) is 3.07. The third kappa shape index (κ3) is 3.52. The lowest BCUT2D eigenvalue weighted by molar-refractivity contribution is -0.143. The summed E-state index contributed by atoms with van der Waals surface area (Å²) in [4.78, 5) is 29.0. The maximum atomic E-state index is 13.2. The summed E-state index contributed by atoms with van der Waals surface area (Å²) in [5.74, 6) is 0.0202. The maximum absolute atomic E-state index is 13.2. The van der Waals surface area contributed by atoms with Crippen molar-refractivity contribution < 1.29 is 9.59 Å². The largest absolute Gasteiger partial charge is 0.348 e. The molecule has 0 fully saturated rings. The summed E-state index contributed by atoms with van der Waals surface area (Å²) in [5, 5.41) is 0. The van der Waals surface area contributed by atoms with Crippen molar-refractivity contribution in [3.8, 4) is 0 Å². The highest BCUT2D eigenvalue weighted by atomic mass is 16.2. The second-order valence-corrected chi connectivity index (χ2v) is 7.00. The molecule has 1 aliphatic heterocycles. The first-order valence-electron chi connectivity index (χ1n) is 9.31. The van der Waals surface area contributed by atoms with Gasteiger partial charge in [-0.2, -0.15) is 0 Å². The molecule has 1 aromatic carbocycles. The Morgan fingerprint density at radius 2 is 1.85 bits per heavy atom. The van der Waals surface area contributed by atoms with Crippen LogP contribution < -0.4 is 0 Å². The van der Waals surface area contributed by atoms with E-state index in [-0.39, 0.29) is 30.4 Å².